The zero-order chi connectivity index (χ0) is 11.3. The molecule has 0 bridgehead atoms. The van der Waals surface area contributed by atoms with Crippen molar-refractivity contribution in [3.63, 3.8) is 0 Å². The first-order valence-corrected chi connectivity index (χ1v) is 7.72. The van der Waals surface area contributed by atoms with Crippen LogP contribution in [0.3, 0.4) is 0 Å². The Morgan fingerprint density at radius 1 is 1.47 bits per heavy atom. The molecule has 0 spiro atoms. The number of hydrogen-bond acceptors (Lipinski definition) is 1. The van der Waals surface area contributed by atoms with E-state index in [-0.39, 0.29) is 0 Å². The van der Waals surface area contributed by atoms with Crippen molar-refractivity contribution in [3.8, 4) is 0 Å². The molecule has 4 heteroatoms. The molecule has 15 heavy (non-hydrogen) atoms. The Labute approximate surface area is 95.8 Å². The third-order valence-corrected chi connectivity index (χ3v) is 4.01. The molecule has 0 heterocycles. The summed E-state index contributed by atoms with van der Waals surface area (Å²) >= 11 is 5.86. The molecule has 82 valence electrons. The van der Waals surface area contributed by atoms with Gasteiger partial charge in [-0.2, -0.15) is 0 Å². The summed E-state index contributed by atoms with van der Waals surface area (Å²) in [7, 11) is 0. The van der Waals surface area contributed by atoms with Gasteiger partial charge in [0.2, 0.25) is 6.65 Å². The van der Waals surface area contributed by atoms with Crippen molar-refractivity contribution >= 4 is 17.9 Å². The number of nitrogens with zero attached hydrogens (tertiary/aromatic N) is 1. The average molecular weight is 244 g/mol. The van der Waals surface area contributed by atoms with E-state index in [1.807, 2.05) is 30.3 Å². The zero-order valence-corrected chi connectivity index (χ0v) is 10.4. The molecule has 1 aromatic rings. The fourth-order valence-electron chi connectivity index (χ4n) is 1.28. The summed E-state index contributed by atoms with van der Waals surface area (Å²) in [5.41, 5.74) is 1.10. The fourth-order valence-corrected chi connectivity index (χ4v) is 2.45. The maximum absolute atomic E-state index is 11.8. The van der Waals surface area contributed by atoms with Gasteiger partial charge in [-0.1, -0.05) is 36.4 Å². The van der Waals surface area contributed by atoms with E-state index in [4.69, 9.17) is 11.2 Å². The average Bonchev–Trinajstić information content (AvgIpc) is 2.17. The Bertz CT molecular complexity index is 360. The molecular formula is C11H15ClNOP. The second kappa shape index (κ2) is 5.50. The van der Waals surface area contributed by atoms with Gasteiger partial charge in [-0.05, 0) is 16.8 Å². The van der Waals surface area contributed by atoms with Crippen LogP contribution in [0.2, 0.25) is 0 Å². The lowest BCUT2D eigenvalue weighted by Crippen LogP contribution is -2.17. The SMILES string of the molecule is C=CCN(Cc1ccccc1)P(C)(=O)Cl. The van der Waals surface area contributed by atoms with Crippen LogP contribution in [0.25, 0.3) is 0 Å². The third-order valence-electron chi connectivity index (χ3n) is 2.05. The van der Waals surface area contributed by atoms with Gasteiger partial charge >= 0.3 is 0 Å². The summed E-state index contributed by atoms with van der Waals surface area (Å²) in [6, 6.07) is 9.84. The minimum absolute atomic E-state index is 0.534. The topological polar surface area (TPSA) is 20.3 Å². The summed E-state index contributed by atoms with van der Waals surface area (Å²) in [5, 5.41) is 0. The van der Waals surface area contributed by atoms with Crippen LogP contribution in [0, 0.1) is 0 Å². The van der Waals surface area contributed by atoms with E-state index in [1.54, 1.807) is 17.4 Å². The van der Waals surface area contributed by atoms with E-state index < -0.39 is 6.65 Å². The quantitative estimate of drug-likeness (QED) is 0.580. The lowest BCUT2D eigenvalue weighted by Gasteiger charge is -2.22. The van der Waals surface area contributed by atoms with Crippen LogP contribution in [-0.2, 0) is 11.1 Å². The van der Waals surface area contributed by atoms with Crippen LogP contribution in [0.15, 0.2) is 43.0 Å². The molecule has 0 radical (unpaired) electrons. The van der Waals surface area contributed by atoms with Crippen LogP contribution < -0.4 is 0 Å². The summed E-state index contributed by atoms with van der Waals surface area (Å²) < 4.78 is 13.5. The Balaban J connectivity index is 2.76. The number of rotatable bonds is 5. The molecule has 0 N–H and O–H groups in total. The first-order valence-electron chi connectivity index (χ1n) is 4.71. The van der Waals surface area contributed by atoms with Crippen molar-refractivity contribution in [2.45, 2.75) is 6.54 Å². The van der Waals surface area contributed by atoms with Crippen molar-refractivity contribution in [2.24, 2.45) is 0 Å². The summed E-state index contributed by atoms with van der Waals surface area (Å²) in [6.07, 6.45) is 1.71. The summed E-state index contributed by atoms with van der Waals surface area (Å²) in [5.74, 6) is 0. The fraction of sp³-hybridized carbons (Fsp3) is 0.273. The van der Waals surface area contributed by atoms with Gasteiger partial charge < -0.3 is 0 Å². The Morgan fingerprint density at radius 2 is 2.07 bits per heavy atom. The highest BCUT2D eigenvalue weighted by Gasteiger charge is 2.20. The van der Waals surface area contributed by atoms with E-state index in [0.717, 1.165) is 5.56 Å². The van der Waals surface area contributed by atoms with Gasteiger partial charge in [0.15, 0.2) is 0 Å². The van der Waals surface area contributed by atoms with Gasteiger partial charge in [0.25, 0.3) is 0 Å². The molecule has 1 unspecified atom stereocenters. The molecule has 0 saturated heterocycles. The molecule has 0 fully saturated rings. The molecule has 0 aliphatic rings. The monoisotopic (exact) mass is 243 g/mol. The zero-order valence-electron chi connectivity index (χ0n) is 8.77. The molecule has 1 aromatic carbocycles. The molecule has 0 aromatic heterocycles. The molecular weight excluding hydrogens is 229 g/mol. The molecule has 2 nitrogen and oxygen atoms in total. The molecule has 0 aliphatic carbocycles. The van der Waals surface area contributed by atoms with Crippen molar-refractivity contribution in [1.29, 1.82) is 0 Å². The predicted octanol–water partition coefficient (Wildman–Crippen LogP) is 3.74. The van der Waals surface area contributed by atoms with E-state index in [0.29, 0.717) is 13.1 Å². The normalized spacial score (nSPS) is 14.9. The second-order valence-electron chi connectivity index (χ2n) is 3.40. The van der Waals surface area contributed by atoms with E-state index >= 15 is 0 Å². The van der Waals surface area contributed by atoms with Crippen molar-refractivity contribution in [3.05, 3.63) is 48.6 Å². The highest BCUT2D eigenvalue weighted by molar-refractivity contribution is 7.86. The van der Waals surface area contributed by atoms with Crippen molar-refractivity contribution in [1.82, 2.24) is 4.67 Å². The maximum Gasteiger partial charge on any atom is 0.232 e. The summed E-state index contributed by atoms with van der Waals surface area (Å²) in [4.78, 5) is 0. The van der Waals surface area contributed by atoms with E-state index in [1.165, 1.54) is 0 Å². The molecule has 0 aliphatic heterocycles. The largest absolute Gasteiger partial charge is 0.289 e. The first-order chi connectivity index (χ1) is 7.04. The van der Waals surface area contributed by atoms with Crippen LogP contribution in [0.4, 0.5) is 0 Å². The standard InChI is InChI=1S/C11H15ClNOP/c1-3-9-13(15(2,12)14)10-11-7-5-4-6-8-11/h3-8H,1,9-10H2,2H3. The van der Waals surface area contributed by atoms with Crippen LogP contribution in [-0.4, -0.2) is 17.9 Å². The molecule has 0 saturated carbocycles. The Hall–Kier alpha value is -0.560. The summed E-state index contributed by atoms with van der Waals surface area (Å²) in [6.45, 7) is 3.59. The van der Waals surface area contributed by atoms with Crippen LogP contribution in [0.5, 0.6) is 0 Å². The number of halogens is 1. The number of hydrogen-bond donors (Lipinski definition) is 0. The van der Waals surface area contributed by atoms with Gasteiger partial charge in [-0.15, -0.1) is 6.58 Å². The maximum atomic E-state index is 11.8. The van der Waals surface area contributed by atoms with Gasteiger partial charge in [-0.3, -0.25) is 4.57 Å². The minimum Gasteiger partial charge on any atom is -0.289 e. The van der Waals surface area contributed by atoms with E-state index in [2.05, 4.69) is 6.58 Å². The highest BCUT2D eigenvalue weighted by atomic mass is 35.7. The molecule has 1 rings (SSSR count). The van der Waals surface area contributed by atoms with E-state index in [9.17, 15) is 4.57 Å². The molecule has 0 amide bonds. The van der Waals surface area contributed by atoms with Crippen molar-refractivity contribution < 1.29 is 4.57 Å². The minimum atomic E-state index is -2.72. The first kappa shape index (κ1) is 12.5. The van der Waals surface area contributed by atoms with Gasteiger partial charge in [-0.25, -0.2) is 4.67 Å². The van der Waals surface area contributed by atoms with Crippen LogP contribution in [0.1, 0.15) is 5.56 Å². The number of benzene rings is 1. The van der Waals surface area contributed by atoms with Gasteiger partial charge in [0.05, 0.1) is 0 Å². The predicted molar refractivity (Wildman–Crippen MR) is 66.4 cm³/mol. The lowest BCUT2D eigenvalue weighted by molar-refractivity contribution is 0.452. The van der Waals surface area contributed by atoms with Crippen LogP contribution >= 0.6 is 17.9 Å². The second-order valence-corrected chi connectivity index (χ2v) is 7.40. The Kier molecular flexibility index (Phi) is 4.59. The smallest absolute Gasteiger partial charge is 0.232 e. The van der Waals surface area contributed by atoms with Gasteiger partial charge in [0.1, 0.15) is 0 Å². The van der Waals surface area contributed by atoms with Gasteiger partial charge in [0, 0.05) is 19.8 Å². The van der Waals surface area contributed by atoms with Crippen molar-refractivity contribution in [2.75, 3.05) is 13.2 Å². The highest BCUT2D eigenvalue weighted by Crippen LogP contribution is 2.51. The molecule has 1 atom stereocenters. The third kappa shape index (κ3) is 4.21. The lowest BCUT2D eigenvalue weighted by atomic mass is 10.2. The Morgan fingerprint density at radius 3 is 2.53 bits per heavy atom.